The second kappa shape index (κ2) is 4.82. The van der Waals surface area contributed by atoms with Crippen molar-refractivity contribution in [3.63, 3.8) is 0 Å². The fourth-order valence-corrected chi connectivity index (χ4v) is 4.24. The lowest BCUT2D eigenvalue weighted by Gasteiger charge is -2.09. The number of rotatable bonds is 1. The molecule has 0 saturated carbocycles. The zero-order valence-electron chi connectivity index (χ0n) is 13.9. The van der Waals surface area contributed by atoms with E-state index in [2.05, 4.69) is 86.7 Å². The second-order valence-electron chi connectivity index (χ2n) is 6.60. The van der Waals surface area contributed by atoms with E-state index in [1.54, 1.807) is 0 Å². The molecule has 0 heteroatoms. The smallest absolute Gasteiger partial charge is 0.00140 e. The van der Waals surface area contributed by atoms with Gasteiger partial charge in [-0.2, -0.15) is 0 Å². The number of hydrogen-bond donors (Lipinski definition) is 0. The average Bonchev–Trinajstić information content (AvgIpc) is 2.96. The first-order valence-corrected chi connectivity index (χ1v) is 8.51. The van der Waals surface area contributed by atoms with E-state index in [4.69, 9.17) is 0 Å². The van der Waals surface area contributed by atoms with Gasteiger partial charge in [0.2, 0.25) is 0 Å². The van der Waals surface area contributed by atoms with E-state index in [0.29, 0.717) is 0 Å². The zero-order valence-corrected chi connectivity index (χ0v) is 13.9. The predicted octanol–water partition coefficient (Wildman–Crippen LogP) is 6.98. The molecule has 0 aromatic heterocycles. The molecule has 4 aromatic rings. The summed E-state index contributed by atoms with van der Waals surface area (Å²) in [6.07, 6.45) is 4.36. The highest BCUT2D eigenvalue weighted by molar-refractivity contribution is 6.25. The third-order valence-corrected chi connectivity index (χ3v) is 5.20. The Morgan fingerprint density at radius 2 is 1.62 bits per heavy atom. The molecular weight excluding hydrogens is 288 g/mol. The van der Waals surface area contributed by atoms with Gasteiger partial charge >= 0.3 is 0 Å². The third kappa shape index (κ3) is 1.63. The van der Waals surface area contributed by atoms with Crippen molar-refractivity contribution in [2.45, 2.75) is 13.8 Å². The molecule has 0 bridgehead atoms. The minimum absolute atomic E-state index is 1.31. The van der Waals surface area contributed by atoms with E-state index in [1.165, 1.54) is 54.9 Å². The van der Waals surface area contributed by atoms with Gasteiger partial charge in [-0.15, -0.1) is 0 Å². The molecule has 0 atom stereocenters. The van der Waals surface area contributed by atoms with Crippen molar-refractivity contribution < 1.29 is 0 Å². The SMILES string of the molecule is C/C=C\c1cccc2c1-c1c(C)ccc3cc4ccccc4c-2c13. The molecule has 5 rings (SSSR count). The number of benzene rings is 4. The standard InChI is InChI=1S/C24H18/c1-3-7-16-9-6-11-20-22(16)21-15(2)12-13-18-14-17-8-4-5-10-19(17)24(20)23(18)21/h3-14H,1-2H3/b7-3-. The molecular formula is C24H18. The second-order valence-corrected chi connectivity index (χ2v) is 6.60. The van der Waals surface area contributed by atoms with Crippen molar-refractivity contribution in [2.24, 2.45) is 0 Å². The molecule has 4 aromatic carbocycles. The molecule has 1 aliphatic carbocycles. The molecule has 0 unspecified atom stereocenters. The van der Waals surface area contributed by atoms with Crippen LogP contribution in [0, 0.1) is 6.92 Å². The average molecular weight is 306 g/mol. The summed E-state index contributed by atoms with van der Waals surface area (Å²) in [6.45, 7) is 4.32. The molecule has 114 valence electrons. The van der Waals surface area contributed by atoms with Crippen LogP contribution in [0.3, 0.4) is 0 Å². The van der Waals surface area contributed by atoms with Crippen LogP contribution in [0.2, 0.25) is 0 Å². The highest BCUT2D eigenvalue weighted by atomic mass is 14.3. The highest BCUT2D eigenvalue weighted by Crippen LogP contribution is 2.52. The monoisotopic (exact) mass is 306 g/mol. The van der Waals surface area contributed by atoms with Crippen molar-refractivity contribution >= 4 is 27.6 Å². The minimum Gasteiger partial charge on any atom is -0.0870 e. The fourth-order valence-electron chi connectivity index (χ4n) is 4.24. The number of hydrogen-bond acceptors (Lipinski definition) is 0. The highest BCUT2D eigenvalue weighted by Gasteiger charge is 2.26. The maximum Gasteiger partial charge on any atom is -0.00140 e. The fraction of sp³-hybridized carbons (Fsp3) is 0.0833. The predicted molar refractivity (Wildman–Crippen MR) is 105 cm³/mol. The molecule has 0 aliphatic heterocycles. The lowest BCUT2D eigenvalue weighted by atomic mass is 9.94. The van der Waals surface area contributed by atoms with E-state index < -0.39 is 0 Å². The maximum absolute atomic E-state index is 2.33. The Hall–Kier alpha value is -2.86. The van der Waals surface area contributed by atoms with Crippen molar-refractivity contribution in [1.82, 2.24) is 0 Å². The molecule has 24 heavy (non-hydrogen) atoms. The van der Waals surface area contributed by atoms with Gasteiger partial charge in [0.1, 0.15) is 0 Å². The minimum atomic E-state index is 1.31. The van der Waals surface area contributed by atoms with Crippen LogP contribution in [0.1, 0.15) is 18.1 Å². The first kappa shape index (κ1) is 13.6. The Morgan fingerprint density at radius 3 is 2.50 bits per heavy atom. The van der Waals surface area contributed by atoms with Crippen molar-refractivity contribution in [2.75, 3.05) is 0 Å². The molecule has 0 amide bonds. The van der Waals surface area contributed by atoms with Gasteiger partial charge in [-0.1, -0.05) is 66.7 Å². The molecule has 0 saturated heterocycles. The van der Waals surface area contributed by atoms with Gasteiger partial charge in [-0.25, -0.2) is 0 Å². The summed E-state index contributed by atoms with van der Waals surface area (Å²) in [6, 6.07) is 22.3. The van der Waals surface area contributed by atoms with E-state index in [9.17, 15) is 0 Å². The lowest BCUT2D eigenvalue weighted by Crippen LogP contribution is -1.85. The Labute approximate surface area is 142 Å². The molecule has 0 nitrogen and oxygen atoms in total. The Morgan fingerprint density at radius 1 is 0.750 bits per heavy atom. The lowest BCUT2D eigenvalue weighted by molar-refractivity contribution is 1.50. The summed E-state index contributed by atoms with van der Waals surface area (Å²) in [5.41, 5.74) is 8.25. The van der Waals surface area contributed by atoms with Gasteiger partial charge in [-0.3, -0.25) is 0 Å². The van der Waals surface area contributed by atoms with E-state index >= 15 is 0 Å². The van der Waals surface area contributed by atoms with E-state index in [-0.39, 0.29) is 0 Å². The summed E-state index contributed by atoms with van der Waals surface area (Å²) in [7, 11) is 0. The van der Waals surface area contributed by atoms with Crippen LogP contribution in [0.5, 0.6) is 0 Å². The van der Waals surface area contributed by atoms with Crippen molar-refractivity contribution in [1.29, 1.82) is 0 Å². The van der Waals surface area contributed by atoms with Crippen LogP contribution >= 0.6 is 0 Å². The Kier molecular flexibility index (Phi) is 2.72. The molecule has 0 N–H and O–H groups in total. The Bertz CT molecular complexity index is 1160. The van der Waals surface area contributed by atoms with Gasteiger partial charge in [-0.05, 0) is 74.8 Å². The number of allylic oxidation sites excluding steroid dienone is 1. The summed E-state index contributed by atoms with van der Waals surface area (Å²) in [4.78, 5) is 0. The van der Waals surface area contributed by atoms with Crippen LogP contribution < -0.4 is 0 Å². The maximum atomic E-state index is 2.33. The molecule has 1 aliphatic rings. The molecule has 0 fully saturated rings. The topological polar surface area (TPSA) is 0 Å². The first-order valence-electron chi connectivity index (χ1n) is 8.51. The van der Waals surface area contributed by atoms with E-state index in [0.717, 1.165) is 0 Å². The van der Waals surface area contributed by atoms with Crippen LogP contribution in [0.25, 0.3) is 49.9 Å². The zero-order chi connectivity index (χ0) is 16.3. The summed E-state index contributed by atoms with van der Waals surface area (Å²) >= 11 is 0. The normalized spacial score (nSPS) is 12.4. The van der Waals surface area contributed by atoms with Crippen molar-refractivity contribution in [3.8, 4) is 22.3 Å². The number of fused-ring (bicyclic) bond motifs is 5. The summed E-state index contributed by atoms with van der Waals surface area (Å²) < 4.78 is 0. The van der Waals surface area contributed by atoms with Gasteiger partial charge in [0.25, 0.3) is 0 Å². The molecule has 0 heterocycles. The third-order valence-electron chi connectivity index (χ3n) is 5.20. The van der Waals surface area contributed by atoms with Gasteiger partial charge < -0.3 is 0 Å². The van der Waals surface area contributed by atoms with Crippen LogP contribution in [0.15, 0.2) is 66.7 Å². The van der Waals surface area contributed by atoms with E-state index in [1.807, 2.05) is 0 Å². The summed E-state index contributed by atoms with van der Waals surface area (Å²) in [5, 5.41) is 5.43. The van der Waals surface area contributed by atoms with Crippen LogP contribution in [0.4, 0.5) is 0 Å². The molecule has 0 spiro atoms. The van der Waals surface area contributed by atoms with Gasteiger partial charge in [0.15, 0.2) is 0 Å². The van der Waals surface area contributed by atoms with Gasteiger partial charge in [0.05, 0.1) is 0 Å². The van der Waals surface area contributed by atoms with Crippen molar-refractivity contribution in [3.05, 3.63) is 77.9 Å². The Balaban J connectivity index is 2.09. The number of aryl methyl sites for hydroxylation is 1. The van der Waals surface area contributed by atoms with Crippen LogP contribution in [-0.4, -0.2) is 0 Å². The summed E-state index contributed by atoms with van der Waals surface area (Å²) in [5.74, 6) is 0. The quantitative estimate of drug-likeness (QED) is 0.293. The first-order chi connectivity index (χ1) is 11.8. The van der Waals surface area contributed by atoms with Crippen LogP contribution in [-0.2, 0) is 0 Å². The van der Waals surface area contributed by atoms with Gasteiger partial charge in [0, 0.05) is 0 Å². The largest absolute Gasteiger partial charge is 0.0870 e. The molecule has 0 radical (unpaired) electrons.